The number of hydrogen-bond acceptors (Lipinski definition) is 4. The second kappa shape index (κ2) is 3.85. The lowest BCUT2D eigenvalue weighted by atomic mass is 10.1. The van der Waals surface area contributed by atoms with Gasteiger partial charge in [0.05, 0.1) is 11.8 Å². The summed E-state index contributed by atoms with van der Waals surface area (Å²) >= 11 is 0. The molecule has 7 heteroatoms. The van der Waals surface area contributed by atoms with Crippen molar-refractivity contribution in [3.63, 3.8) is 0 Å². The molecule has 5 N–H and O–H groups in total. The van der Waals surface area contributed by atoms with Crippen LogP contribution in [0.3, 0.4) is 0 Å². The molecular weight excluding hydrogens is 204 g/mol. The number of nitrogens with two attached hydrogens (primary N) is 1. The van der Waals surface area contributed by atoms with Gasteiger partial charge >= 0.3 is 11.9 Å². The van der Waals surface area contributed by atoms with Gasteiger partial charge in [0.2, 0.25) is 5.91 Å². The van der Waals surface area contributed by atoms with E-state index in [0.717, 1.165) is 0 Å². The summed E-state index contributed by atoms with van der Waals surface area (Å²) < 4.78 is 0. The van der Waals surface area contributed by atoms with E-state index in [1.165, 1.54) is 7.05 Å². The number of hydrogen-bond donors (Lipinski definition) is 4. The summed E-state index contributed by atoms with van der Waals surface area (Å²) in [5.74, 6) is -5.61. The number of aliphatic carboxylic acids is 2. The lowest BCUT2D eigenvalue weighted by Gasteiger charge is -2.03. The molecule has 1 aliphatic rings. The summed E-state index contributed by atoms with van der Waals surface area (Å²) in [7, 11) is 1.36. The first-order valence-corrected chi connectivity index (χ1v) is 4.34. The highest BCUT2D eigenvalue weighted by Gasteiger charge is 2.62. The van der Waals surface area contributed by atoms with Gasteiger partial charge in [-0.05, 0) is 0 Å². The van der Waals surface area contributed by atoms with Gasteiger partial charge in [-0.15, -0.1) is 0 Å². The second-order valence-electron chi connectivity index (χ2n) is 3.45. The molecule has 7 nitrogen and oxygen atoms in total. The van der Waals surface area contributed by atoms with E-state index in [0.29, 0.717) is 0 Å². The number of carboxylic acids is 2. The number of nitrogens with one attached hydrogen (secondary N) is 1. The van der Waals surface area contributed by atoms with Crippen LogP contribution in [0, 0.1) is 17.8 Å². The summed E-state index contributed by atoms with van der Waals surface area (Å²) in [6.45, 7) is 0. The van der Waals surface area contributed by atoms with Crippen molar-refractivity contribution in [3.05, 3.63) is 0 Å². The predicted molar refractivity (Wildman–Crippen MR) is 47.8 cm³/mol. The van der Waals surface area contributed by atoms with E-state index in [1.54, 1.807) is 0 Å². The maximum Gasteiger partial charge on any atom is 0.320 e. The van der Waals surface area contributed by atoms with Gasteiger partial charge in [0.15, 0.2) is 0 Å². The number of carbonyl (C=O) groups is 3. The SMILES string of the molecule is CNC(=O)[C@H]1[C@H](C(=O)O)[C@H]1C(N)C(=O)O. The Kier molecular flexibility index (Phi) is 2.94. The third-order valence-corrected chi connectivity index (χ3v) is 2.61. The summed E-state index contributed by atoms with van der Waals surface area (Å²) in [6.07, 6.45) is 0. The molecule has 0 heterocycles. The highest BCUT2D eigenvalue weighted by molar-refractivity contribution is 5.92. The fourth-order valence-electron chi connectivity index (χ4n) is 1.77. The Bertz CT molecular complexity index is 316. The van der Waals surface area contributed by atoms with Crippen LogP contribution in [0.1, 0.15) is 0 Å². The summed E-state index contributed by atoms with van der Waals surface area (Å²) in [5, 5.41) is 19.6. The van der Waals surface area contributed by atoms with Crippen LogP contribution < -0.4 is 11.1 Å². The van der Waals surface area contributed by atoms with E-state index in [1.807, 2.05) is 0 Å². The number of carboxylic acid groups (broad SMARTS) is 2. The molecule has 1 rings (SSSR count). The zero-order valence-corrected chi connectivity index (χ0v) is 8.01. The Balaban J connectivity index is 2.78. The van der Waals surface area contributed by atoms with E-state index in [2.05, 4.69) is 5.32 Å². The molecule has 0 bridgehead atoms. The number of amides is 1. The van der Waals surface area contributed by atoms with Crippen molar-refractivity contribution in [2.24, 2.45) is 23.5 Å². The third kappa shape index (κ3) is 1.91. The first kappa shape index (κ1) is 11.4. The smallest absolute Gasteiger partial charge is 0.320 e. The molecule has 0 aliphatic heterocycles. The highest BCUT2D eigenvalue weighted by atomic mass is 16.4. The second-order valence-corrected chi connectivity index (χ2v) is 3.45. The van der Waals surface area contributed by atoms with Crippen LogP contribution in [-0.4, -0.2) is 41.1 Å². The number of carbonyl (C=O) groups excluding carboxylic acids is 1. The monoisotopic (exact) mass is 216 g/mol. The molecule has 1 aliphatic carbocycles. The van der Waals surface area contributed by atoms with Crippen LogP contribution >= 0.6 is 0 Å². The molecule has 0 aromatic heterocycles. The molecule has 1 fully saturated rings. The normalized spacial score (nSPS) is 30.4. The van der Waals surface area contributed by atoms with Crippen LogP contribution in [0.2, 0.25) is 0 Å². The van der Waals surface area contributed by atoms with Crippen LogP contribution in [0.25, 0.3) is 0 Å². The van der Waals surface area contributed by atoms with Crippen LogP contribution in [-0.2, 0) is 14.4 Å². The molecule has 0 aromatic carbocycles. The van der Waals surface area contributed by atoms with Gasteiger partial charge < -0.3 is 21.3 Å². The Morgan fingerprint density at radius 2 is 1.80 bits per heavy atom. The van der Waals surface area contributed by atoms with E-state index in [4.69, 9.17) is 15.9 Å². The lowest BCUT2D eigenvalue weighted by molar-refractivity contribution is -0.141. The first-order chi connectivity index (χ1) is 6.91. The van der Waals surface area contributed by atoms with Gasteiger partial charge in [0.25, 0.3) is 0 Å². The van der Waals surface area contributed by atoms with Gasteiger partial charge in [0, 0.05) is 13.0 Å². The quantitative estimate of drug-likeness (QED) is 0.434. The zero-order valence-electron chi connectivity index (χ0n) is 8.01. The van der Waals surface area contributed by atoms with Crippen molar-refractivity contribution in [2.45, 2.75) is 6.04 Å². The Morgan fingerprint density at radius 1 is 1.27 bits per heavy atom. The van der Waals surface area contributed by atoms with Crippen LogP contribution in [0.4, 0.5) is 0 Å². The molecule has 0 spiro atoms. The molecule has 1 saturated carbocycles. The summed E-state index contributed by atoms with van der Waals surface area (Å²) in [5.41, 5.74) is 5.29. The molecule has 4 atom stereocenters. The van der Waals surface area contributed by atoms with Gasteiger partial charge in [-0.2, -0.15) is 0 Å². The minimum Gasteiger partial charge on any atom is -0.481 e. The minimum atomic E-state index is -1.31. The highest BCUT2D eigenvalue weighted by Crippen LogP contribution is 2.48. The van der Waals surface area contributed by atoms with Gasteiger partial charge in [-0.3, -0.25) is 14.4 Å². The Morgan fingerprint density at radius 3 is 2.13 bits per heavy atom. The van der Waals surface area contributed by atoms with Crippen molar-refractivity contribution < 1.29 is 24.6 Å². The van der Waals surface area contributed by atoms with E-state index in [-0.39, 0.29) is 0 Å². The molecule has 0 aromatic rings. The predicted octanol–water partition coefficient (Wildman–Crippen LogP) is -1.91. The van der Waals surface area contributed by atoms with Crippen LogP contribution in [0.5, 0.6) is 0 Å². The van der Waals surface area contributed by atoms with E-state index < -0.39 is 41.6 Å². The first-order valence-electron chi connectivity index (χ1n) is 4.34. The zero-order chi connectivity index (χ0) is 11.7. The van der Waals surface area contributed by atoms with Gasteiger partial charge in [-0.1, -0.05) is 0 Å². The molecule has 84 valence electrons. The molecule has 1 unspecified atom stereocenters. The standard InChI is InChI=1S/C8H12N2O5/c1-10-6(11)3-2(4(3)7(12)13)5(9)8(14)15/h2-5H,9H2,1H3,(H,10,11)(H,12,13)(H,14,15)/t2-,3+,4+,5?/m0/s1. The molecule has 1 amide bonds. The molecule has 15 heavy (non-hydrogen) atoms. The summed E-state index contributed by atoms with van der Waals surface area (Å²) in [4.78, 5) is 32.5. The van der Waals surface area contributed by atoms with Gasteiger partial charge in [0.1, 0.15) is 6.04 Å². The average molecular weight is 216 g/mol. The third-order valence-electron chi connectivity index (χ3n) is 2.61. The average Bonchev–Trinajstić information content (AvgIpc) is 2.90. The number of rotatable bonds is 4. The summed E-state index contributed by atoms with van der Waals surface area (Å²) in [6, 6.07) is -1.31. The van der Waals surface area contributed by atoms with Crippen molar-refractivity contribution in [1.82, 2.24) is 5.32 Å². The molecule has 0 saturated heterocycles. The van der Waals surface area contributed by atoms with Gasteiger partial charge in [-0.25, -0.2) is 0 Å². The Labute approximate surface area is 85.3 Å². The van der Waals surface area contributed by atoms with Crippen molar-refractivity contribution >= 4 is 17.8 Å². The largest absolute Gasteiger partial charge is 0.481 e. The fraction of sp³-hybridized carbons (Fsp3) is 0.625. The maximum atomic E-state index is 11.2. The van der Waals surface area contributed by atoms with Crippen LogP contribution in [0.15, 0.2) is 0 Å². The van der Waals surface area contributed by atoms with Crippen molar-refractivity contribution in [3.8, 4) is 0 Å². The molecule has 0 radical (unpaired) electrons. The van der Waals surface area contributed by atoms with E-state index >= 15 is 0 Å². The molecular formula is C8H12N2O5. The van der Waals surface area contributed by atoms with E-state index in [9.17, 15) is 14.4 Å². The maximum absolute atomic E-state index is 11.2. The lowest BCUT2D eigenvalue weighted by Crippen LogP contribution is -2.35. The minimum absolute atomic E-state index is 0.482. The topological polar surface area (TPSA) is 130 Å². The fourth-order valence-corrected chi connectivity index (χ4v) is 1.77. The van der Waals surface area contributed by atoms with Crippen molar-refractivity contribution in [2.75, 3.05) is 7.05 Å². The van der Waals surface area contributed by atoms with Crippen molar-refractivity contribution in [1.29, 1.82) is 0 Å². The Hall–Kier alpha value is -1.63.